The molecule has 0 N–H and O–H groups in total. The summed E-state index contributed by atoms with van der Waals surface area (Å²) in [5, 5.41) is 15.3. The van der Waals surface area contributed by atoms with E-state index < -0.39 is 0 Å². The van der Waals surface area contributed by atoms with Crippen molar-refractivity contribution in [1.29, 1.82) is 0 Å². The fourth-order valence-electron chi connectivity index (χ4n) is 1.02. The first-order valence-electron chi connectivity index (χ1n) is 4.90. The molecule has 0 aliphatic carbocycles. The number of rotatable bonds is 2. The molecule has 0 saturated carbocycles. The van der Waals surface area contributed by atoms with Crippen molar-refractivity contribution in [2.24, 2.45) is 0 Å². The molecule has 0 aromatic carbocycles. The number of hydrogen-bond acceptors (Lipinski definition) is 5. The van der Waals surface area contributed by atoms with Crippen molar-refractivity contribution in [2.75, 3.05) is 0 Å². The normalized spacial score (nSPS) is 9.60. The molecular weight excluding hydrogens is 194 g/mol. The van der Waals surface area contributed by atoms with Gasteiger partial charge in [-0.15, -0.1) is 10.2 Å². The van der Waals surface area contributed by atoms with Crippen LogP contribution in [0.25, 0.3) is 0 Å². The van der Waals surface area contributed by atoms with Crippen LogP contribution in [0.15, 0.2) is 10.6 Å². The lowest BCUT2D eigenvalue weighted by molar-refractivity contribution is 0.359. The lowest BCUT2D eigenvalue weighted by Gasteiger charge is -1.90. The molecule has 0 spiro atoms. The van der Waals surface area contributed by atoms with Gasteiger partial charge >= 0.3 is 0 Å². The molecule has 82 valence electrons. The SMILES string of the molecule is CC.Cc1cc(Cn2nnc(C)n2)on1. The zero-order valence-electron chi connectivity index (χ0n) is 9.43. The number of tetrazole rings is 1. The summed E-state index contributed by atoms with van der Waals surface area (Å²) in [5.74, 6) is 1.38. The molecule has 0 unspecified atom stereocenters. The van der Waals surface area contributed by atoms with E-state index in [2.05, 4.69) is 20.6 Å². The highest BCUT2D eigenvalue weighted by molar-refractivity contribution is 5.02. The van der Waals surface area contributed by atoms with Gasteiger partial charge in [0.25, 0.3) is 0 Å². The molecule has 0 saturated heterocycles. The average Bonchev–Trinajstić information content (AvgIpc) is 2.80. The van der Waals surface area contributed by atoms with Crippen molar-refractivity contribution < 1.29 is 4.52 Å². The van der Waals surface area contributed by atoms with Crippen LogP contribution in [-0.2, 0) is 6.54 Å². The molecule has 0 bridgehead atoms. The Kier molecular flexibility index (Phi) is 3.96. The Hall–Kier alpha value is -1.72. The summed E-state index contributed by atoms with van der Waals surface area (Å²) in [5.41, 5.74) is 0.854. The lowest BCUT2D eigenvalue weighted by Crippen LogP contribution is -2.02. The van der Waals surface area contributed by atoms with E-state index in [1.165, 1.54) is 4.80 Å². The van der Waals surface area contributed by atoms with Crippen LogP contribution in [0, 0.1) is 13.8 Å². The molecule has 15 heavy (non-hydrogen) atoms. The summed E-state index contributed by atoms with van der Waals surface area (Å²) in [4.78, 5) is 1.47. The number of aromatic nitrogens is 5. The second kappa shape index (κ2) is 5.23. The summed E-state index contributed by atoms with van der Waals surface area (Å²) in [6.07, 6.45) is 0. The smallest absolute Gasteiger partial charge is 0.171 e. The summed E-state index contributed by atoms with van der Waals surface area (Å²) >= 11 is 0. The third-order valence-electron chi connectivity index (χ3n) is 1.53. The van der Waals surface area contributed by atoms with Crippen molar-refractivity contribution in [1.82, 2.24) is 25.4 Å². The molecule has 2 aromatic rings. The topological polar surface area (TPSA) is 69.6 Å². The van der Waals surface area contributed by atoms with Gasteiger partial charge < -0.3 is 4.52 Å². The fourth-order valence-corrected chi connectivity index (χ4v) is 1.02. The number of aryl methyl sites for hydroxylation is 2. The van der Waals surface area contributed by atoms with E-state index in [1.807, 2.05) is 26.8 Å². The van der Waals surface area contributed by atoms with Gasteiger partial charge in [0.05, 0.1) is 5.69 Å². The van der Waals surface area contributed by atoms with E-state index in [4.69, 9.17) is 4.52 Å². The van der Waals surface area contributed by atoms with Gasteiger partial charge in [0.2, 0.25) is 0 Å². The highest BCUT2D eigenvalue weighted by Gasteiger charge is 2.03. The Balaban J connectivity index is 0.000000531. The van der Waals surface area contributed by atoms with Crippen LogP contribution < -0.4 is 0 Å². The van der Waals surface area contributed by atoms with Crippen LogP contribution in [0.2, 0.25) is 0 Å². The van der Waals surface area contributed by atoms with Crippen molar-refractivity contribution in [3.8, 4) is 0 Å². The van der Waals surface area contributed by atoms with Crippen LogP contribution in [0.4, 0.5) is 0 Å². The maximum atomic E-state index is 5.00. The van der Waals surface area contributed by atoms with Gasteiger partial charge in [0, 0.05) is 6.07 Å². The number of nitrogens with zero attached hydrogens (tertiary/aromatic N) is 5. The second-order valence-corrected chi connectivity index (χ2v) is 2.80. The van der Waals surface area contributed by atoms with E-state index in [0.717, 1.165) is 11.5 Å². The Labute approximate surface area is 88.3 Å². The summed E-state index contributed by atoms with van der Waals surface area (Å²) in [6, 6.07) is 1.85. The summed E-state index contributed by atoms with van der Waals surface area (Å²) in [7, 11) is 0. The molecule has 0 aliphatic rings. The van der Waals surface area contributed by atoms with Crippen molar-refractivity contribution >= 4 is 0 Å². The molecule has 6 heteroatoms. The zero-order valence-corrected chi connectivity index (χ0v) is 9.43. The van der Waals surface area contributed by atoms with Gasteiger partial charge in [-0.2, -0.15) is 4.80 Å². The van der Waals surface area contributed by atoms with Gasteiger partial charge in [-0.3, -0.25) is 0 Å². The van der Waals surface area contributed by atoms with Crippen molar-refractivity contribution in [3.05, 3.63) is 23.3 Å². The van der Waals surface area contributed by atoms with E-state index in [9.17, 15) is 0 Å². The minimum absolute atomic E-state index is 0.474. The van der Waals surface area contributed by atoms with Gasteiger partial charge in [0.1, 0.15) is 6.54 Å². The van der Waals surface area contributed by atoms with Crippen molar-refractivity contribution in [2.45, 2.75) is 34.2 Å². The van der Waals surface area contributed by atoms with Crippen LogP contribution in [0.3, 0.4) is 0 Å². The van der Waals surface area contributed by atoms with Crippen LogP contribution in [0.1, 0.15) is 31.1 Å². The van der Waals surface area contributed by atoms with Gasteiger partial charge in [-0.25, -0.2) is 0 Å². The third-order valence-corrected chi connectivity index (χ3v) is 1.53. The van der Waals surface area contributed by atoms with Crippen LogP contribution in [-0.4, -0.2) is 25.4 Å². The Morgan fingerprint density at radius 2 is 2.07 bits per heavy atom. The standard InChI is InChI=1S/C7H9N5O.C2H6/c1-5-3-7(13-10-5)4-12-9-6(2)8-11-12;1-2/h3H,4H2,1-2H3;1-2H3. The molecule has 0 atom stereocenters. The molecular formula is C9H15N5O. The maximum Gasteiger partial charge on any atom is 0.171 e. The van der Waals surface area contributed by atoms with Crippen molar-refractivity contribution in [3.63, 3.8) is 0 Å². The molecule has 2 heterocycles. The highest BCUT2D eigenvalue weighted by Crippen LogP contribution is 2.02. The van der Waals surface area contributed by atoms with E-state index in [-0.39, 0.29) is 0 Å². The van der Waals surface area contributed by atoms with E-state index >= 15 is 0 Å². The largest absolute Gasteiger partial charge is 0.359 e. The first-order valence-corrected chi connectivity index (χ1v) is 4.90. The van der Waals surface area contributed by atoms with E-state index in [1.54, 1.807) is 6.92 Å². The fraction of sp³-hybridized carbons (Fsp3) is 0.556. The predicted molar refractivity (Wildman–Crippen MR) is 54.2 cm³/mol. The lowest BCUT2D eigenvalue weighted by atomic mass is 10.4. The Morgan fingerprint density at radius 1 is 1.33 bits per heavy atom. The molecule has 0 fully saturated rings. The Bertz CT molecular complexity index is 368. The first kappa shape index (κ1) is 11.4. The molecule has 2 rings (SSSR count). The first-order chi connectivity index (χ1) is 7.24. The van der Waals surface area contributed by atoms with Crippen LogP contribution >= 0.6 is 0 Å². The molecule has 0 amide bonds. The quantitative estimate of drug-likeness (QED) is 0.746. The third kappa shape index (κ3) is 3.16. The van der Waals surface area contributed by atoms with Gasteiger partial charge in [-0.1, -0.05) is 19.0 Å². The number of hydrogen-bond donors (Lipinski definition) is 0. The molecule has 6 nitrogen and oxygen atoms in total. The monoisotopic (exact) mass is 209 g/mol. The molecule has 0 radical (unpaired) electrons. The zero-order chi connectivity index (χ0) is 11.3. The predicted octanol–water partition coefficient (Wildman–Crippen LogP) is 1.35. The second-order valence-electron chi connectivity index (χ2n) is 2.80. The summed E-state index contributed by atoms with van der Waals surface area (Å²) in [6.45, 7) is 8.13. The molecule has 0 aliphatic heterocycles. The maximum absolute atomic E-state index is 5.00. The Morgan fingerprint density at radius 3 is 2.53 bits per heavy atom. The van der Waals surface area contributed by atoms with Gasteiger partial charge in [0.15, 0.2) is 11.6 Å². The minimum Gasteiger partial charge on any atom is -0.359 e. The van der Waals surface area contributed by atoms with E-state index in [0.29, 0.717) is 12.4 Å². The molecule has 2 aromatic heterocycles. The minimum atomic E-state index is 0.474. The summed E-state index contributed by atoms with van der Waals surface area (Å²) < 4.78 is 5.00. The average molecular weight is 209 g/mol. The van der Waals surface area contributed by atoms with Gasteiger partial charge in [-0.05, 0) is 19.1 Å². The highest BCUT2D eigenvalue weighted by atomic mass is 16.5. The van der Waals surface area contributed by atoms with Crippen LogP contribution in [0.5, 0.6) is 0 Å².